The average molecular weight is 420 g/mol. The summed E-state index contributed by atoms with van der Waals surface area (Å²) >= 11 is 12.5. The molecule has 0 atom stereocenters. The monoisotopic (exact) mass is 419 g/mol. The fourth-order valence-corrected chi connectivity index (χ4v) is 3.72. The van der Waals surface area contributed by atoms with Gasteiger partial charge in [-0.1, -0.05) is 48.9 Å². The summed E-state index contributed by atoms with van der Waals surface area (Å²) in [6.45, 7) is 11.5. The number of fused-ring (bicyclic) bond motifs is 1. The van der Waals surface area contributed by atoms with Crippen LogP contribution in [0.2, 0.25) is 0 Å². The summed E-state index contributed by atoms with van der Waals surface area (Å²) in [5.41, 5.74) is 5.61. The summed E-state index contributed by atoms with van der Waals surface area (Å²) in [7, 11) is 0. The molecule has 1 aliphatic rings. The van der Waals surface area contributed by atoms with E-state index in [0.29, 0.717) is 0 Å². The molecule has 0 spiro atoms. The number of rotatable bonds is 8. The third-order valence-electron chi connectivity index (χ3n) is 4.85. The van der Waals surface area contributed by atoms with E-state index in [9.17, 15) is 0 Å². The van der Waals surface area contributed by atoms with Gasteiger partial charge in [-0.25, -0.2) is 0 Å². The molecule has 1 aromatic heterocycles. The van der Waals surface area contributed by atoms with Gasteiger partial charge in [-0.2, -0.15) is 0 Å². The largest absolute Gasteiger partial charge is 0.389 e. The molecule has 0 fully saturated rings. The quantitative estimate of drug-likeness (QED) is 0.496. The fraction of sp³-hybridized carbons (Fsp3) is 0.391. The smallest absolute Gasteiger partial charge is 0.0495 e. The third-order valence-corrected chi connectivity index (χ3v) is 5.46. The normalized spacial score (nSPS) is 17.1. The van der Waals surface area contributed by atoms with E-state index in [1.165, 1.54) is 11.3 Å². The van der Waals surface area contributed by atoms with Crippen molar-refractivity contribution in [2.24, 2.45) is 0 Å². The lowest BCUT2D eigenvalue weighted by atomic mass is 10.1. The summed E-state index contributed by atoms with van der Waals surface area (Å²) in [5, 5.41) is 9.98. The Morgan fingerprint density at radius 3 is 2.79 bits per heavy atom. The minimum Gasteiger partial charge on any atom is -0.389 e. The molecule has 1 aromatic rings. The zero-order chi connectivity index (χ0) is 20.4. The lowest BCUT2D eigenvalue weighted by molar-refractivity contribution is 0.613. The highest BCUT2D eigenvalue weighted by atomic mass is 35.5. The lowest BCUT2D eigenvalue weighted by Crippen LogP contribution is -2.33. The molecule has 5 heteroatoms. The Bertz CT molecular complexity index is 873. The van der Waals surface area contributed by atoms with Crippen molar-refractivity contribution in [3.63, 3.8) is 0 Å². The number of hydrogen-bond acceptors (Lipinski definition) is 2. The SMILES string of the molecule is C=C/C=C(C)\C=C\NCCn1c2c(c(=C\Cl)/c1=C\C=C(\Cl)CC)CCNCC2. The number of nitrogens with one attached hydrogen (secondary N) is 2. The van der Waals surface area contributed by atoms with Gasteiger partial charge < -0.3 is 15.2 Å². The van der Waals surface area contributed by atoms with Crippen LogP contribution in [0.5, 0.6) is 0 Å². The predicted octanol–water partition coefficient (Wildman–Crippen LogP) is 3.70. The van der Waals surface area contributed by atoms with Crippen LogP contribution in [-0.4, -0.2) is 24.2 Å². The maximum absolute atomic E-state index is 6.26. The highest BCUT2D eigenvalue weighted by Gasteiger charge is 2.16. The van der Waals surface area contributed by atoms with Gasteiger partial charge >= 0.3 is 0 Å². The summed E-state index contributed by atoms with van der Waals surface area (Å²) in [4.78, 5) is 0. The van der Waals surface area contributed by atoms with Crippen molar-refractivity contribution in [1.82, 2.24) is 15.2 Å². The molecule has 28 heavy (non-hydrogen) atoms. The van der Waals surface area contributed by atoms with Gasteiger partial charge in [0, 0.05) is 52.9 Å². The van der Waals surface area contributed by atoms with Crippen molar-refractivity contribution < 1.29 is 0 Å². The molecule has 0 amide bonds. The van der Waals surface area contributed by atoms with E-state index in [-0.39, 0.29) is 0 Å². The van der Waals surface area contributed by atoms with Gasteiger partial charge in [-0.3, -0.25) is 0 Å². The Morgan fingerprint density at radius 2 is 2.07 bits per heavy atom. The molecule has 2 N–H and O–H groups in total. The van der Waals surface area contributed by atoms with E-state index in [2.05, 4.69) is 47.8 Å². The van der Waals surface area contributed by atoms with Crippen LogP contribution in [0.15, 0.2) is 47.7 Å². The molecule has 0 saturated heterocycles. The molecule has 2 heterocycles. The van der Waals surface area contributed by atoms with Crippen LogP contribution in [0.3, 0.4) is 0 Å². The van der Waals surface area contributed by atoms with Crippen molar-refractivity contribution in [2.75, 3.05) is 19.6 Å². The first kappa shape index (κ1) is 22.6. The van der Waals surface area contributed by atoms with Crippen LogP contribution < -0.4 is 21.2 Å². The van der Waals surface area contributed by atoms with Gasteiger partial charge in [0.1, 0.15) is 0 Å². The van der Waals surface area contributed by atoms with Crippen LogP contribution >= 0.6 is 23.2 Å². The molecule has 0 radical (unpaired) electrons. The Kier molecular flexibility index (Phi) is 9.69. The number of halogens is 2. The van der Waals surface area contributed by atoms with Gasteiger partial charge in [0.15, 0.2) is 0 Å². The van der Waals surface area contributed by atoms with Gasteiger partial charge in [0.25, 0.3) is 0 Å². The summed E-state index contributed by atoms with van der Waals surface area (Å²) in [6.07, 6.45) is 14.7. The molecule has 3 nitrogen and oxygen atoms in total. The van der Waals surface area contributed by atoms with E-state index < -0.39 is 0 Å². The number of aromatic nitrogens is 1. The first-order valence-electron chi connectivity index (χ1n) is 9.89. The first-order valence-corrected chi connectivity index (χ1v) is 10.7. The second-order valence-electron chi connectivity index (χ2n) is 6.80. The maximum atomic E-state index is 6.26. The van der Waals surface area contributed by atoms with Crippen molar-refractivity contribution in [3.05, 3.63) is 69.5 Å². The van der Waals surface area contributed by atoms with E-state index in [1.54, 1.807) is 11.6 Å². The molecule has 152 valence electrons. The molecular weight excluding hydrogens is 389 g/mol. The van der Waals surface area contributed by atoms with E-state index in [4.69, 9.17) is 23.2 Å². The van der Waals surface area contributed by atoms with Crippen LogP contribution in [-0.2, 0) is 19.4 Å². The predicted molar refractivity (Wildman–Crippen MR) is 124 cm³/mol. The van der Waals surface area contributed by atoms with Gasteiger partial charge in [0.2, 0.25) is 0 Å². The summed E-state index contributed by atoms with van der Waals surface area (Å²) in [5.74, 6) is 0. The molecule has 0 bridgehead atoms. The maximum Gasteiger partial charge on any atom is 0.0495 e. The van der Waals surface area contributed by atoms with E-state index in [0.717, 1.165) is 66.6 Å². The Balaban J connectivity index is 2.34. The van der Waals surface area contributed by atoms with Crippen LogP contribution in [0.25, 0.3) is 11.6 Å². The topological polar surface area (TPSA) is 29.0 Å². The van der Waals surface area contributed by atoms with E-state index in [1.807, 2.05) is 18.4 Å². The first-order chi connectivity index (χ1) is 13.6. The fourth-order valence-electron chi connectivity index (χ4n) is 3.41. The summed E-state index contributed by atoms with van der Waals surface area (Å²) in [6, 6.07) is 0. The molecule has 1 aliphatic heterocycles. The molecule has 0 aromatic carbocycles. The molecule has 0 saturated carbocycles. The standard InChI is InChI=1S/C23H31Cl2N3/c1-4-6-18(3)9-12-27-15-16-28-22(8-7-19(25)5-2)21(17-24)20-10-13-26-14-11-23(20)28/h4,6-9,12,17,26-27H,1,5,10-11,13-16H2,2-3H3/b12-9+,18-6-,19-7+,21-17+,22-8+. The zero-order valence-electron chi connectivity index (χ0n) is 16.9. The van der Waals surface area contributed by atoms with E-state index >= 15 is 0 Å². The minimum atomic E-state index is 0.826. The average Bonchev–Trinajstić information content (AvgIpc) is 2.83. The number of hydrogen-bond donors (Lipinski definition) is 2. The van der Waals surface area contributed by atoms with Crippen molar-refractivity contribution in [3.8, 4) is 0 Å². The zero-order valence-corrected chi connectivity index (χ0v) is 18.4. The van der Waals surface area contributed by atoms with Gasteiger partial charge in [-0.15, -0.1) is 0 Å². The minimum absolute atomic E-state index is 0.826. The highest BCUT2D eigenvalue weighted by Crippen LogP contribution is 2.10. The second-order valence-corrected chi connectivity index (χ2v) is 7.51. The second kappa shape index (κ2) is 12.0. The van der Waals surface area contributed by atoms with Crippen LogP contribution in [0.4, 0.5) is 0 Å². The van der Waals surface area contributed by atoms with Crippen molar-refractivity contribution >= 4 is 34.8 Å². The highest BCUT2D eigenvalue weighted by molar-refractivity contribution is 6.38. The van der Waals surface area contributed by atoms with Gasteiger partial charge in [0.05, 0.1) is 0 Å². The molecular formula is C23H31Cl2N3. The van der Waals surface area contributed by atoms with Crippen LogP contribution in [0, 0.1) is 0 Å². The Labute approximate surface area is 178 Å². The number of nitrogens with zero attached hydrogens (tertiary/aromatic N) is 1. The molecule has 0 unspecified atom stereocenters. The van der Waals surface area contributed by atoms with Gasteiger partial charge in [-0.05, 0) is 61.9 Å². The Hall–Kier alpha value is -1.68. The molecule has 0 aliphatic carbocycles. The number of allylic oxidation sites excluding steroid dienone is 6. The summed E-state index contributed by atoms with van der Waals surface area (Å²) < 4.78 is 2.39. The van der Waals surface area contributed by atoms with Crippen molar-refractivity contribution in [2.45, 2.75) is 39.7 Å². The van der Waals surface area contributed by atoms with Crippen molar-refractivity contribution in [1.29, 1.82) is 0 Å². The lowest BCUT2D eigenvalue weighted by Gasteiger charge is -2.10. The van der Waals surface area contributed by atoms with Crippen LogP contribution in [0.1, 0.15) is 31.5 Å². The third kappa shape index (κ3) is 6.16. The molecule has 2 rings (SSSR count). The Morgan fingerprint density at radius 1 is 1.29 bits per heavy atom.